The van der Waals surface area contributed by atoms with Crippen molar-refractivity contribution in [3.8, 4) is 0 Å². The van der Waals surface area contributed by atoms with Gasteiger partial charge in [0.1, 0.15) is 12.0 Å². The SMILES string of the molecule is Cc1cc([N+](=O)[O-])cnc1NCc1cccc(Cl)c1. The fourth-order valence-electron chi connectivity index (χ4n) is 1.68. The quantitative estimate of drug-likeness (QED) is 0.685. The first kappa shape index (κ1) is 13.3. The normalized spacial score (nSPS) is 10.2. The summed E-state index contributed by atoms with van der Waals surface area (Å²) in [6, 6.07) is 8.97. The van der Waals surface area contributed by atoms with Crippen LogP contribution < -0.4 is 5.32 Å². The fourth-order valence-corrected chi connectivity index (χ4v) is 1.89. The van der Waals surface area contributed by atoms with Crippen molar-refractivity contribution in [2.24, 2.45) is 0 Å². The van der Waals surface area contributed by atoms with Crippen molar-refractivity contribution in [1.29, 1.82) is 0 Å². The van der Waals surface area contributed by atoms with Crippen LogP contribution in [0.3, 0.4) is 0 Å². The molecule has 0 amide bonds. The number of nitrogens with zero attached hydrogens (tertiary/aromatic N) is 2. The van der Waals surface area contributed by atoms with Crippen molar-refractivity contribution in [3.63, 3.8) is 0 Å². The summed E-state index contributed by atoms with van der Waals surface area (Å²) in [5.74, 6) is 0.630. The van der Waals surface area contributed by atoms with Gasteiger partial charge in [0.25, 0.3) is 5.69 Å². The van der Waals surface area contributed by atoms with Gasteiger partial charge in [-0.15, -0.1) is 0 Å². The largest absolute Gasteiger partial charge is 0.366 e. The van der Waals surface area contributed by atoms with Gasteiger partial charge in [-0.05, 0) is 30.2 Å². The minimum absolute atomic E-state index is 0.00851. The molecule has 1 aromatic heterocycles. The van der Waals surface area contributed by atoms with Crippen LogP contribution in [0.25, 0.3) is 0 Å². The topological polar surface area (TPSA) is 68.1 Å². The second-order valence-electron chi connectivity index (χ2n) is 4.10. The second kappa shape index (κ2) is 5.67. The van der Waals surface area contributed by atoms with E-state index in [1.165, 1.54) is 12.3 Å². The van der Waals surface area contributed by atoms with Crippen LogP contribution in [0.5, 0.6) is 0 Å². The first-order chi connectivity index (χ1) is 9.06. The lowest BCUT2D eigenvalue weighted by molar-refractivity contribution is -0.385. The molecule has 0 spiro atoms. The van der Waals surface area contributed by atoms with Gasteiger partial charge in [-0.3, -0.25) is 10.1 Å². The average Bonchev–Trinajstić information content (AvgIpc) is 2.37. The van der Waals surface area contributed by atoms with Gasteiger partial charge in [-0.1, -0.05) is 23.7 Å². The van der Waals surface area contributed by atoms with Crippen molar-refractivity contribution in [1.82, 2.24) is 4.98 Å². The smallest absolute Gasteiger partial charge is 0.287 e. The van der Waals surface area contributed by atoms with E-state index in [1.54, 1.807) is 13.0 Å². The molecule has 0 aliphatic rings. The van der Waals surface area contributed by atoms with Crippen LogP contribution in [0, 0.1) is 17.0 Å². The molecule has 0 saturated carbocycles. The summed E-state index contributed by atoms with van der Waals surface area (Å²) in [6.45, 7) is 2.34. The number of aryl methyl sites for hydroxylation is 1. The summed E-state index contributed by atoms with van der Waals surface area (Å²) in [4.78, 5) is 14.2. The summed E-state index contributed by atoms with van der Waals surface area (Å²) in [6.07, 6.45) is 1.24. The molecule has 1 heterocycles. The van der Waals surface area contributed by atoms with Crippen LogP contribution >= 0.6 is 11.6 Å². The van der Waals surface area contributed by atoms with Crippen LogP contribution in [-0.4, -0.2) is 9.91 Å². The Labute approximate surface area is 115 Å². The lowest BCUT2D eigenvalue weighted by Gasteiger charge is -2.08. The molecule has 6 heteroatoms. The van der Waals surface area contributed by atoms with Crippen molar-refractivity contribution < 1.29 is 4.92 Å². The van der Waals surface area contributed by atoms with Gasteiger partial charge in [-0.25, -0.2) is 4.98 Å². The number of pyridine rings is 1. The van der Waals surface area contributed by atoms with E-state index in [0.717, 1.165) is 11.1 Å². The number of rotatable bonds is 4. The van der Waals surface area contributed by atoms with Gasteiger partial charge in [0, 0.05) is 17.6 Å². The maximum absolute atomic E-state index is 10.6. The highest BCUT2D eigenvalue weighted by atomic mass is 35.5. The Balaban J connectivity index is 2.10. The summed E-state index contributed by atoms with van der Waals surface area (Å²) in [7, 11) is 0. The highest BCUT2D eigenvalue weighted by Gasteiger charge is 2.09. The zero-order chi connectivity index (χ0) is 13.8. The number of nitro groups is 1. The molecule has 0 atom stereocenters. The number of anilines is 1. The first-order valence-electron chi connectivity index (χ1n) is 5.65. The number of nitrogens with one attached hydrogen (secondary N) is 1. The zero-order valence-corrected chi connectivity index (χ0v) is 11.0. The van der Waals surface area contributed by atoms with Crippen LogP contribution in [0.4, 0.5) is 11.5 Å². The molecule has 0 unspecified atom stereocenters. The van der Waals surface area contributed by atoms with Crippen LogP contribution in [0.15, 0.2) is 36.5 Å². The van der Waals surface area contributed by atoms with Crippen LogP contribution in [0.2, 0.25) is 5.02 Å². The fraction of sp³-hybridized carbons (Fsp3) is 0.154. The summed E-state index contributed by atoms with van der Waals surface area (Å²) in [5.41, 5.74) is 1.74. The Bertz CT molecular complexity index is 617. The van der Waals surface area contributed by atoms with Crippen molar-refractivity contribution in [2.75, 3.05) is 5.32 Å². The molecule has 1 N–H and O–H groups in total. The lowest BCUT2D eigenvalue weighted by Crippen LogP contribution is -2.03. The molecule has 2 aromatic rings. The average molecular weight is 278 g/mol. The third-order valence-corrected chi connectivity index (χ3v) is 2.86. The molecule has 2 rings (SSSR count). The standard InChI is InChI=1S/C13H12ClN3O2/c1-9-5-12(17(18)19)8-16-13(9)15-7-10-3-2-4-11(14)6-10/h2-6,8H,7H2,1H3,(H,15,16). The second-order valence-corrected chi connectivity index (χ2v) is 4.54. The van der Waals surface area contributed by atoms with Crippen LogP contribution in [0.1, 0.15) is 11.1 Å². The summed E-state index contributed by atoms with van der Waals surface area (Å²) >= 11 is 5.90. The molecule has 0 aliphatic carbocycles. The van der Waals surface area contributed by atoms with Crippen molar-refractivity contribution in [3.05, 3.63) is 62.8 Å². The summed E-state index contributed by atoms with van der Waals surface area (Å²) in [5, 5.41) is 14.4. The molecular weight excluding hydrogens is 266 g/mol. The van der Waals surface area contributed by atoms with Gasteiger partial charge in [0.15, 0.2) is 0 Å². The van der Waals surface area contributed by atoms with Crippen molar-refractivity contribution >= 4 is 23.1 Å². The predicted molar refractivity (Wildman–Crippen MR) is 74.4 cm³/mol. The van der Waals surface area contributed by atoms with E-state index >= 15 is 0 Å². The Hall–Kier alpha value is -2.14. The van der Waals surface area contributed by atoms with Gasteiger partial charge >= 0.3 is 0 Å². The predicted octanol–water partition coefficient (Wildman–Crippen LogP) is 3.56. The molecule has 0 bridgehead atoms. The van der Waals surface area contributed by atoms with Crippen LogP contribution in [-0.2, 0) is 6.54 Å². The van der Waals surface area contributed by atoms with E-state index in [-0.39, 0.29) is 5.69 Å². The number of hydrogen-bond donors (Lipinski definition) is 1. The maximum atomic E-state index is 10.6. The van der Waals surface area contributed by atoms with E-state index in [1.807, 2.05) is 18.2 Å². The Morgan fingerprint density at radius 2 is 2.21 bits per heavy atom. The first-order valence-corrected chi connectivity index (χ1v) is 6.03. The highest BCUT2D eigenvalue weighted by Crippen LogP contribution is 2.19. The molecule has 5 nitrogen and oxygen atoms in total. The monoisotopic (exact) mass is 277 g/mol. The molecule has 98 valence electrons. The third kappa shape index (κ3) is 3.42. The molecule has 19 heavy (non-hydrogen) atoms. The van der Waals surface area contributed by atoms with Gasteiger partial charge in [0.05, 0.1) is 4.92 Å². The van der Waals surface area contributed by atoms with E-state index in [9.17, 15) is 10.1 Å². The number of halogens is 1. The third-order valence-electron chi connectivity index (χ3n) is 2.62. The molecule has 0 saturated heterocycles. The Morgan fingerprint density at radius 1 is 1.42 bits per heavy atom. The number of hydrogen-bond acceptors (Lipinski definition) is 4. The summed E-state index contributed by atoms with van der Waals surface area (Å²) < 4.78 is 0. The highest BCUT2D eigenvalue weighted by molar-refractivity contribution is 6.30. The van der Waals surface area contributed by atoms with E-state index in [0.29, 0.717) is 17.4 Å². The molecule has 0 aliphatic heterocycles. The minimum atomic E-state index is -0.458. The van der Waals surface area contributed by atoms with E-state index < -0.39 is 4.92 Å². The van der Waals surface area contributed by atoms with E-state index in [4.69, 9.17) is 11.6 Å². The zero-order valence-electron chi connectivity index (χ0n) is 10.3. The number of benzene rings is 1. The maximum Gasteiger partial charge on any atom is 0.287 e. The number of aromatic nitrogens is 1. The van der Waals surface area contributed by atoms with Gasteiger partial charge in [-0.2, -0.15) is 0 Å². The van der Waals surface area contributed by atoms with Gasteiger partial charge in [0.2, 0.25) is 0 Å². The molecule has 1 aromatic carbocycles. The van der Waals surface area contributed by atoms with Gasteiger partial charge < -0.3 is 5.32 Å². The lowest BCUT2D eigenvalue weighted by atomic mass is 10.2. The Kier molecular flexibility index (Phi) is 3.97. The minimum Gasteiger partial charge on any atom is -0.366 e. The van der Waals surface area contributed by atoms with E-state index in [2.05, 4.69) is 10.3 Å². The Morgan fingerprint density at radius 3 is 2.84 bits per heavy atom. The molecule has 0 fully saturated rings. The molecular formula is C13H12ClN3O2. The molecule has 0 radical (unpaired) electrons. The van der Waals surface area contributed by atoms with Crippen molar-refractivity contribution in [2.45, 2.75) is 13.5 Å².